The third-order valence-electron chi connectivity index (χ3n) is 3.32. The summed E-state index contributed by atoms with van der Waals surface area (Å²) in [4.78, 5) is 23.6. The summed E-state index contributed by atoms with van der Waals surface area (Å²) < 4.78 is 5.35. The summed E-state index contributed by atoms with van der Waals surface area (Å²) in [6.45, 7) is 2.52. The van der Waals surface area contributed by atoms with Crippen LogP contribution in [-0.4, -0.2) is 24.6 Å². The zero-order valence-electron chi connectivity index (χ0n) is 14.4. The summed E-state index contributed by atoms with van der Waals surface area (Å²) in [6, 6.07) is 14.2. The molecule has 0 fully saturated rings. The molecule has 2 aromatic carbocycles. The number of carbonyl (C=O) groups excluding carboxylic acids is 2. The quantitative estimate of drug-likeness (QED) is 0.548. The number of benzene rings is 2. The Morgan fingerprint density at radius 3 is 2.46 bits per heavy atom. The number of anilines is 1. The fourth-order valence-corrected chi connectivity index (χ4v) is 2.24. The standard InChI is InChI=1S/C19H20ClN3O3/c1-2-26-15-9-7-14(8-10-15)13-21-23-19(25)12-11-18(24)22-17-6-4-3-5-16(17)20/h3-10,13H,2,11-12H2,1H3,(H,22,24)(H,23,25)/b21-13+. The van der Waals surface area contributed by atoms with E-state index in [0.29, 0.717) is 17.3 Å². The van der Waals surface area contributed by atoms with Gasteiger partial charge in [0.1, 0.15) is 5.75 Å². The highest BCUT2D eigenvalue weighted by molar-refractivity contribution is 6.33. The summed E-state index contributed by atoms with van der Waals surface area (Å²) in [7, 11) is 0. The summed E-state index contributed by atoms with van der Waals surface area (Å²) in [5.41, 5.74) is 3.74. The van der Waals surface area contributed by atoms with Gasteiger partial charge in [-0.15, -0.1) is 0 Å². The first-order valence-corrected chi connectivity index (χ1v) is 8.55. The molecule has 6 nitrogen and oxygen atoms in total. The van der Waals surface area contributed by atoms with Crippen LogP contribution in [0.3, 0.4) is 0 Å². The van der Waals surface area contributed by atoms with E-state index in [4.69, 9.17) is 16.3 Å². The highest BCUT2D eigenvalue weighted by Gasteiger charge is 2.08. The Balaban J connectivity index is 1.73. The van der Waals surface area contributed by atoms with Gasteiger partial charge in [0, 0.05) is 12.8 Å². The minimum Gasteiger partial charge on any atom is -0.494 e. The van der Waals surface area contributed by atoms with Crippen LogP contribution >= 0.6 is 11.6 Å². The van der Waals surface area contributed by atoms with E-state index >= 15 is 0 Å². The van der Waals surface area contributed by atoms with Gasteiger partial charge in [-0.25, -0.2) is 5.43 Å². The second kappa shape index (κ2) is 10.2. The first-order valence-electron chi connectivity index (χ1n) is 8.17. The highest BCUT2D eigenvalue weighted by Crippen LogP contribution is 2.20. The molecule has 2 rings (SSSR count). The van der Waals surface area contributed by atoms with Crippen molar-refractivity contribution in [1.29, 1.82) is 0 Å². The van der Waals surface area contributed by atoms with Gasteiger partial charge in [-0.05, 0) is 48.9 Å². The molecule has 7 heteroatoms. The zero-order chi connectivity index (χ0) is 18.8. The lowest BCUT2D eigenvalue weighted by atomic mass is 10.2. The molecule has 2 aromatic rings. The van der Waals surface area contributed by atoms with E-state index in [1.54, 1.807) is 24.3 Å². The fourth-order valence-electron chi connectivity index (χ4n) is 2.05. The SMILES string of the molecule is CCOc1ccc(/C=N/NC(=O)CCC(=O)Nc2ccccc2Cl)cc1. The Bertz CT molecular complexity index is 776. The number of rotatable bonds is 8. The van der Waals surface area contributed by atoms with Crippen molar-refractivity contribution in [3.8, 4) is 5.75 Å². The van der Waals surface area contributed by atoms with Crippen molar-refractivity contribution < 1.29 is 14.3 Å². The Morgan fingerprint density at radius 1 is 1.08 bits per heavy atom. The minimum absolute atomic E-state index is 0.0247. The number of hydrazone groups is 1. The van der Waals surface area contributed by atoms with Crippen LogP contribution in [0.15, 0.2) is 53.6 Å². The summed E-state index contributed by atoms with van der Waals surface area (Å²) in [5.74, 6) is 0.142. The minimum atomic E-state index is -0.346. The number of nitrogens with one attached hydrogen (secondary N) is 2. The topological polar surface area (TPSA) is 79.8 Å². The van der Waals surface area contributed by atoms with E-state index in [1.807, 2.05) is 31.2 Å². The maximum atomic E-state index is 11.8. The van der Waals surface area contributed by atoms with Gasteiger partial charge in [-0.2, -0.15) is 5.10 Å². The molecule has 2 amide bonds. The van der Waals surface area contributed by atoms with Crippen LogP contribution in [0, 0.1) is 0 Å². The van der Waals surface area contributed by atoms with Gasteiger partial charge >= 0.3 is 0 Å². The second-order valence-corrected chi connectivity index (χ2v) is 5.73. The molecule has 0 aliphatic heterocycles. The van der Waals surface area contributed by atoms with Gasteiger partial charge in [-0.3, -0.25) is 9.59 Å². The number of para-hydroxylation sites is 1. The first kappa shape index (κ1) is 19.5. The molecular formula is C19H20ClN3O3. The number of carbonyl (C=O) groups is 2. The van der Waals surface area contributed by atoms with Crippen LogP contribution < -0.4 is 15.5 Å². The Hall–Kier alpha value is -2.86. The highest BCUT2D eigenvalue weighted by atomic mass is 35.5. The molecule has 0 unspecified atom stereocenters. The molecule has 0 saturated carbocycles. The van der Waals surface area contributed by atoms with Crippen molar-refractivity contribution in [2.45, 2.75) is 19.8 Å². The van der Waals surface area contributed by atoms with Gasteiger partial charge in [0.25, 0.3) is 0 Å². The van der Waals surface area contributed by atoms with Crippen molar-refractivity contribution in [1.82, 2.24) is 5.43 Å². The van der Waals surface area contributed by atoms with E-state index in [-0.39, 0.29) is 24.7 Å². The van der Waals surface area contributed by atoms with E-state index in [2.05, 4.69) is 15.8 Å². The average Bonchev–Trinajstić information content (AvgIpc) is 2.64. The van der Waals surface area contributed by atoms with Crippen molar-refractivity contribution in [2.24, 2.45) is 5.10 Å². The Labute approximate surface area is 157 Å². The Kier molecular flexibility index (Phi) is 7.64. The van der Waals surface area contributed by atoms with Crippen molar-refractivity contribution in [3.63, 3.8) is 0 Å². The molecule has 26 heavy (non-hydrogen) atoms. The molecule has 0 heterocycles. The molecule has 0 spiro atoms. The van der Waals surface area contributed by atoms with Crippen molar-refractivity contribution in [2.75, 3.05) is 11.9 Å². The van der Waals surface area contributed by atoms with Crippen molar-refractivity contribution >= 4 is 35.3 Å². The van der Waals surface area contributed by atoms with Crippen LogP contribution in [0.1, 0.15) is 25.3 Å². The van der Waals surface area contributed by atoms with E-state index in [1.165, 1.54) is 6.21 Å². The average molecular weight is 374 g/mol. The predicted octanol–water partition coefficient (Wildman–Crippen LogP) is 3.61. The Morgan fingerprint density at radius 2 is 1.77 bits per heavy atom. The third kappa shape index (κ3) is 6.57. The normalized spacial score (nSPS) is 10.5. The molecule has 0 aromatic heterocycles. The number of hydrogen-bond donors (Lipinski definition) is 2. The molecule has 136 valence electrons. The predicted molar refractivity (Wildman–Crippen MR) is 103 cm³/mol. The third-order valence-corrected chi connectivity index (χ3v) is 3.65. The summed E-state index contributed by atoms with van der Waals surface area (Å²) in [5, 5.41) is 6.99. The molecule has 0 aliphatic rings. The van der Waals surface area contributed by atoms with Crippen LogP contribution in [0.25, 0.3) is 0 Å². The largest absolute Gasteiger partial charge is 0.494 e. The van der Waals surface area contributed by atoms with Gasteiger partial charge in [0.2, 0.25) is 11.8 Å². The van der Waals surface area contributed by atoms with Crippen molar-refractivity contribution in [3.05, 3.63) is 59.1 Å². The molecule has 0 bridgehead atoms. The zero-order valence-corrected chi connectivity index (χ0v) is 15.1. The van der Waals surface area contributed by atoms with E-state index in [9.17, 15) is 9.59 Å². The summed E-state index contributed by atoms with van der Waals surface area (Å²) >= 11 is 5.96. The molecule has 0 radical (unpaired) electrons. The first-order chi connectivity index (χ1) is 12.6. The van der Waals surface area contributed by atoms with Crippen LogP contribution in [0.5, 0.6) is 5.75 Å². The monoisotopic (exact) mass is 373 g/mol. The van der Waals surface area contributed by atoms with Gasteiger partial charge in [0.05, 0.1) is 23.5 Å². The second-order valence-electron chi connectivity index (χ2n) is 5.32. The molecular weight excluding hydrogens is 354 g/mol. The van der Waals surface area contributed by atoms with Crippen LogP contribution in [-0.2, 0) is 9.59 Å². The maximum absolute atomic E-state index is 11.8. The van der Waals surface area contributed by atoms with Gasteiger partial charge < -0.3 is 10.1 Å². The van der Waals surface area contributed by atoms with Crippen LogP contribution in [0.2, 0.25) is 5.02 Å². The van der Waals surface area contributed by atoms with Gasteiger partial charge in [0.15, 0.2) is 0 Å². The number of hydrogen-bond acceptors (Lipinski definition) is 4. The molecule has 0 saturated heterocycles. The van der Waals surface area contributed by atoms with Crippen LogP contribution in [0.4, 0.5) is 5.69 Å². The molecule has 0 aliphatic carbocycles. The number of nitrogens with zero attached hydrogens (tertiary/aromatic N) is 1. The number of ether oxygens (including phenoxy) is 1. The van der Waals surface area contributed by atoms with E-state index in [0.717, 1.165) is 11.3 Å². The molecule has 0 atom stereocenters. The number of halogens is 1. The van der Waals surface area contributed by atoms with E-state index < -0.39 is 0 Å². The lowest BCUT2D eigenvalue weighted by molar-refractivity contribution is -0.124. The maximum Gasteiger partial charge on any atom is 0.240 e. The number of amides is 2. The lowest BCUT2D eigenvalue weighted by Crippen LogP contribution is -2.20. The summed E-state index contributed by atoms with van der Waals surface area (Å²) in [6.07, 6.45) is 1.59. The molecule has 2 N–H and O–H groups in total. The fraction of sp³-hybridized carbons (Fsp3) is 0.211. The smallest absolute Gasteiger partial charge is 0.240 e. The van der Waals surface area contributed by atoms with Gasteiger partial charge in [-0.1, -0.05) is 23.7 Å². The lowest BCUT2D eigenvalue weighted by Gasteiger charge is -2.06.